The number of rotatable bonds is 4. The van der Waals surface area contributed by atoms with Gasteiger partial charge in [-0.2, -0.15) is 0 Å². The number of halogens is 1. The quantitative estimate of drug-likeness (QED) is 0.492. The number of benzene rings is 1. The maximum atomic E-state index is 12.2. The molecule has 0 atom stereocenters. The van der Waals surface area contributed by atoms with E-state index < -0.39 is 0 Å². The number of nitrogens with one attached hydrogen (secondary N) is 1. The Morgan fingerprint density at radius 1 is 1.33 bits per heavy atom. The van der Waals surface area contributed by atoms with Crippen molar-refractivity contribution in [2.24, 2.45) is 0 Å². The number of thiophene rings is 1. The van der Waals surface area contributed by atoms with E-state index in [4.69, 9.17) is 0 Å². The molecule has 1 aliphatic rings. The average Bonchev–Trinajstić information content (AvgIpc) is 3.13. The van der Waals surface area contributed by atoms with Gasteiger partial charge in [-0.3, -0.25) is 4.79 Å². The van der Waals surface area contributed by atoms with Crippen LogP contribution >= 0.6 is 39.0 Å². The van der Waals surface area contributed by atoms with Gasteiger partial charge in [-0.05, 0) is 43.0 Å². The topological polar surface area (TPSA) is 54.9 Å². The van der Waals surface area contributed by atoms with Crippen molar-refractivity contribution in [1.29, 1.82) is 0 Å². The lowest BCUT2D eigenvalue weighted by Crippen LogP contribution is -2.14. The van der Waals surface area contributed by atoms with Crippen molar-refractivity contribution in [3.05, 3.63) is 45.5 Å². The summed E-state index contributed by atoms with van der Waals surface area (Å²) in [7, 11) is 0. The molecule has 0 bridgehead atoms. The molecule has 122 valence electrons. The fourth-order valence-electron chi connectivity index (χ4n) is 2.91. The van der Waals surface area contributed by atoms with Crippen molar-refractivity contribution in [1.82, 2.24) is 9.97 Å². The number of thioether (sulfide) groups is 1. The van der Waals surface area contributed by atoms with Crippen molar-refractivity contribution in [3.8, 4) is 0 Å². The molecular formula is C17H14BrN3OS2. The second-order valence-electron chi connectivity index (χ2n) is 5.56. The maximum absolute atomic E-state index is 12.2. The summed E-state index contributed by atoms with van der Waals surface area (Å²) < 4.78 is 0.944. The molecule has 2 heterocycles. The zero-order chi connectivity index (χ0) is 16.5. The number of amides is 1. The first-order valence-corrected chi connectivity index (χ1v) is 10.2. The third-order valence-electron chi connectivity index (χ3n) is 3.91. The van der Waals surface area contributed by atoms with Crippen LogP contribution in [0.1, 0.15) is 16.9 Å². The molecular weight excluding hydrogens is 406 g/mol. The van der Waals surface area contributed by atoms with Crippen molar-refractivity contribution in [2.75, 3.05) is 11.1 Å². The predicted molar refractivity (Wildman–Crippen MR) is 103 cm³/mol. The number of anilines is 1. The first-order chi connectivity index (χ1) is 11.7. The predicted octanol–water partition coefficient (Wildman–Crippen LogP) is 4.67. The summed E-state index contributed by atoms with van der Waals surface area (Å²) in [5, 5.41) is 5.00. The zero-order valence-electron chi connectivity index (χ0n) is 12.7. The molecule has 0 radical (unpaired) electrons. The smallest absolute Gasteiger partial charge is 0.234 e. The van der Waals surface area contributed by atoms with Crippen LogP contribution in [0.25, 0.3) is 10.2 Å². The molecule has 0 fully saturated rings. The van der Waals surface area contributed by atoms with Crippen LogP contribution in [0, 0.1) is 0 Å². The molecule has 1 amide bonds. The zero-order valence-corrected chi connectivity index (χ0v) is 15.9. The number of hydrogen-bond acceptors (Lipinski definition) is 5. The molecule has 1 aliphatic carbocycles. The van der Waals surface area contributed by atoms with Gasteiger partial charge in [-0.1, -0.05) is 33.8 Å². The Balaban J connectivity index is 1.50. The molecule has 1 aromatic carbocycles. The van der Waals surface area contributed by atoms with Crippen molar-refractivity contribution in [3.63, 3.8) is 0 Å². The summed E-state index contributed by atoms with van der Waals surface area (Å²) in [6.07, 6.45) is 5.05. The first kappa shape index (κ1) is 16.1. The minimum absolute atomic E-state index is 0.0308. The molecule has 7 heteroatoms. The Bertz CT molecular complexity index is 925. The summed E-state index contributed by atoms with van der Waals surface area (Å²) in [5.41, 5.74) is 2.18. The highest BCUT2D eigenvalue weighted by atomic mass is 79.9. The van der Waals surface area contributed by atoms with E-state index in [2.05, 4.69) is 31.2 Å². The molecule has 4 nitrogen and oxygen atoms in total. The van der Waals surface area contributed by atoms with Crippen LogP contribution in [0.2, 0.25) is 0 Å². The number of fused-ring (bicyclic) bond motifs is 3. The van der Waals surface area contributed by atoms with E-state index in [1.807, 2.05) is 24.3 Å². The van der Waals surface area contributed by atoms with Crippen molar-refractivity contribution >= 4 is 60.8 Å². The SMILES string of the molecule is O=C(CSc1ncnc2sc3c(c12)CCC3)Nc1cccc(Br)c1. The molecule has 0 saturated heterocycles. The van der Waals surface area contributed by atoms with E-state index in [1.165, 1.54) is 28.6 Å². The average molecular weight is 420 g/mol. The lowest BCUT2D eigenvalue weighted by atomic mass is 10.2. The van der Waals surface area contributed by atoms with Crippen molar-refractivity contribution < 1.29 is 4.79 Å². The lowest BCUT2D eigenvalue weighted by molar-refractivity contribution is -0.113. The fraction of sp³-hybridized carbons (Fsp3) is 0.235. The Morgan fingerprint density at radius 3 is 3.12 bits per heavy atom. The highest BCUT2D eigenvalue weighted by Gasteiger charge is 2.21. The Labute approximate surface area is 156 Å². The van der Waals surface area contributed by atoms with Crippen LogP contribution in [0.3, 0.4) is 0 Å². The minimum atomic E-state index is -0.0308. The number of aryl methyl sites for hydroxylation is 2. The number of hydrogen-bond donors (Lipinski definition) is 1. The molecule has 0 aliphatic heterocycles. The monoisotopic (exact) mass is 419 g/mol. The fourth-order valence-corrected chi connectivity index (χ4v) is 5.42. The summed E-state index contributed by atoms with van der Waals surface area (Å²) in [6.45, 7) is 0. The lowest BCUT2D eigenvalue weighted by Gasteiger charge is -2.06. The van der Waals surface area contributed by atoms with E-state index in [1.54, 1.807) is 17.7 Å². The van der Waals surface area contributed by atoms with Gasteiger partial charge in [0.2, 0.25) is 5.91 Å². The molecule has 0 saturated carbocycles. The van der Waals surface area contributed by atoms with E-state index in [0.717, 1.165) is 38.2 Å². The van der Waals surface area contributed by atoms with E-state index in [0.29, 0.717) is 5.75 Å². The summed E-state index contributed by atoms with van der Waals surface area (Å²) >= 11 is 6.66. The van der Waals surface area contributed by atoms with Gasteiger partial charge in [0.1, 0.15) is 16.2 Å². The molecule has 24 heavy (non-hydrogen) atoms. The molecule has 4 rings (SSSR count). The summed E-state index contributed by atoms with van der Waals surface area (Å²) in [6, 6.07) is 7.59. The van der Waals surface area contributed by atoms with Crippen LogP contribution in [-0.4, -0.2) is 21.6 Å². The molecule has 2 aromatic heterocycles. The highest BCUT2D eigenvalue weighted by Crippen LogP contribution is 2.39. The van der Waals surface area contributed by atoms with Gasteiger partial charge in [0.15, 0.2) is 0 Å². The number of aromatic nitrogens is 2. The molecule has 0 unspecified atom stereocenters. The van der Waals surface area contributed by atoms with Gasteiger partial charge >= 0.3 is 0 Å². The second kappa shape index (κ2) is 6.82. The molecule has 3 aromatic rings. The normalized spacial score (nSPS) is 13.2. The maximum Gasteiger partial charge on any atom is 0.234 e. The molecule has 1 N–H and O–H groups in total. The van der Waals surface area contributed by atoms with Crippen LogP contribution < -0.4 is 5.32 Å². The van der Waals surface area contributed by atoms with Gasteiger partial charge in [-0.25, -0.2) is 9.97 Å². The van der Waals surface area contributed by atoms with E-state index >= 15 is 0 Å². The van der Waals surface area contributed by atoms with Gasteiger partial charge in [0.25, 0.3) is 0 Å². The standard InChI is InChI=1S/C17H14BrN3OS2/c18-10-3-1-4-11(7-10)21-14(22)8-23-16-15-12-5-2-6-13(12)24-17(15)20-9-19-16/h1,3-4,7,9H,2,5-6,8H2,(H,21,22). The van der Waals surface area contributed by atoms with Gasteiger partial charge in [0.05, 0.1) is 5.75 Å². The van der Waals surface area contributed by atoms with Crippen LogP contribution in [0.4, 0.5) is 5.69 Å². The van der Waals surface area contributed by atoms with Crippen molar-refractivity contribution in [2.45, 2.75) is 24.3 Å². The summed E-state index contributed by atoms with van der Waals surface area (Å²) in [4.78, 5) is 23.5. The number of carbonyl (C=O) groups excluding carboxylic acids is 1. The summed E-state index contributed by atoms with van der Waals surface area (Å²) in [5.74, 6) is 0.306. The van der Waals surface area contributed by atoms with Gasteiger partial charge in [0, 0.05) is 20.4 Å². The number of carbonyl (C=O) groups is 1. The molecule has 0 spiro atoms. The van der Waals surface area contributed by atoms with Gasteiger partial charge in [-0.15, -0.1) is 11.3 Å². The largest absolute Gasteiger partial charge is 0.325 e. The Kier molecular flexibility index (Phi) is 4.56. The van der Waals surface area contributed by atoms with E-state index in [-0.39, 0.29) is 5.91 Å². The highest BCUT2D eigenvalue weighted by molar-refractivity contribution is 9.10. The van der Waals surface area contributed by atoms with E-state index in [9.17, 15) is 4.79 Å². The van der Waals surface area contributed by atoms with Crippen LogP contribution in [0.5, 0.6) is 0 Å². The first-order valence-electron chi connectivity index (χ1n) is 7.64. The van der Waals surface area contributed by atoms with Gasteiger partial charge < -0.3 is 5.32 Å². The Hall–Kier alpha value is -1.44. The van der Waals surface area contributed by atoms with Crippen LogP contribution in [0.15, 0.2) is 40.1 Å². The minimum Gasteiger partial charge on any atom is -0.325 e. The third kappa shape index (κ3) is 3.20. The number of nitrogens with zero attached hydrogens (tertiary/aromatic N) is 2. The van der Waals surface area contributed by atoms with Crippen LogP contribution in [-0.2, 0) is 17.6 Å². The third-order valence-corrected chi connectivity index (χ3v) is 6.60. The Morgan fingerprint density at radius 2 is 2.25 bits per heavy atom. The second-order valence-corrected chi connectivity index (χ2v) is 8.53.